The largest absolute Gasteiger partial charge is 0.395 e. The highest BCUT2D eigenvalue weighted by atomic mass is 16.5. The summed E-state index contributed by atoms with van der Waals surface area (Å²) in [6, 6.07) is 16.6. The Kier molecular flexibility index (Phi) is 4.69. The number of carbonyl (C=O) groups is 2. The van der Waals surface area contributed by atoms with Crippen molar-refractivity contribution >= 4 is 17.5 Å². The Bertz CT molecular complexity index is 1060. The second kappa shape index (κ2) is 7.45. The lowest BCUT2D eigenvalue weighted by Gasteiger charge is -2.13. The van der Waals surface area contributed by atoms with Crippen molar-refractivity contribution in [3.05, 3.63) is 66.4 Å². The molecule has 2 N–H and O–H groups in total. The number of aliphatic hydroxyl groups is 1. The van der Waals surface area contributed by atoms with Crippen molar-refractivity contribution < 1.29 is 19.2 Å². The van der Waals surface area contributed by atoms with Gasteiger partial charge in [0.15, 0.2) is 0 Å². The van der Waals surface area contributed by atoms with E-state index in [1.165, 1.54) is 6.08 Å². The summed E-state index contributed by atoms with van der Waals surface area (Å²) in [7, 11) is 0. The van der Waals surface area contributed by atoms with Crippen LogP contribution in [0.2, 0.25) is 0 Å². The lowest BCUT2D eigenvalue weighted by molar-refractivity contribution is -0.137. The number of β-amino-alcohol motifs (C(OH)–C–C–N with tert-alkyl or cyclic N) is 1. The first-order valence-electron chi connectivity index (χ1n) is 8.60. The SMILES string of the molecule is O=C1C=C(Nc2cccc(-c3nc(-c4ccccc4)no3)c2)C(=O)N1CCO. The molecule has 0 spiro atoms. The van der Waals surface area contributed by atoms with Crippen LogP contribution in [0.3, 0.4) is 0 Å². The fourth-order valence-corrected chi connectivity index (χ4v) is 2.84. The van der Waals surface area contributed by atoms with E-state index in [9.17, 15) is 9.59 Å². The second-order valence-corrected chi connectivity index (χ2v) is 6.07. The summed E-state index contributed by atoms with van der Waals surface area (Å²) < 4.78 is 5.36. The number of nitrogens with one attached hydrogen (secondary N) is 1. The normalized spacial score (nSPS) is 13.8. The summed E-state index contributed by atoms with van der Waals surface area (Å²) in [5, 5.41) is 15.9. The summed E-state index contributed by atoms with van der Waals surface area (Å²) in [6.07, 6.45) is 1.21. The fourth-order valence-electron chi connectivity index (χ4n) is 2.84. The molecule has 2 aromatic carbocycles. The number of aromatic nitrogens is 2. The molecule has 8 nitrogen and oxygen atoms in total. The zero-order valence-corrected chi connectivity index (χ0v) is 14.7. The number of anilines is 1. The summed E-state index contributed by atoms with van der Waals surface area (Å²) in [5.74, 6) is -0.115. The number of hydrogen-bond acceptors (Lipinski definition) is 7. The predicted molar refractivity (Wildman–Crippen MR) is 101 cm³/mol. The van der Waals surface area contributed by atoms with Gasteiger partial charge in [0.25, 0.3) is 17.7 Å². The Morgan fingerprint density at radius 3 is 2.61 bits per heavy atom. The topological polar surface area (TPSA) is 109 Å². The van der Waals surface area contributed by atoms with Gasteiger partial charge in [-0.25, -0.2) is 0 Å². The molecule has 0 saturated carbocycles. The van der Waals surface area contributed by atoms with E-state index >= 15 is 0 Å². The number of imide groups is 1. The molecule has 0 radical (unpaired) electrons. The average Bonchev–Trinajstić information content (AvgIpc) is 3.31. The van der Waals surface area contributed by atoms with E-state index in [0.29, 0.717) is 23.0 Å². The number of hydrogen-bond donors (Lipinski definition) is 2. The maximum atomic E-state index is 12.2. The van der Waals surface area contributed by atoms with E-state index in [1.54, 1.807) is 18.2 Å². The molecule has 3 aromatic rings. The molecule has 28 heavy (non-hydrogen) atoms. The maximum absolute atomic E-state index is 12.2. The van der Waals surface area contributed by atoms with Gasteiger partial charge in [0.05, 0.1) is 13.2 Å². The number of benzene rings is 2. The highest BCUT2D eigenvalue weighted by Gasteiger charge is 2.30. The number of nitrogens with zero attached hydrogens (tertiary/aromatic N) is 3. The monoisotopic (exact) mass is 376 g/mol. The van der Waals surface area contributed by atoms with Crippen LogP contribution in [-0.4, -0.2) is 45.1 Å². The third-order valence-corrected chi connectivity index (χ3v) is 4.18. The quantitative estimate of drug-likeness (QED) is 0.634. The average molecular weight is 376 g/mol. The third kappa shape index (κ3) is 3.40. The summed E-state index contributed by atoms with van der Waals surface area (Å²) in [6.45, 7) is -0.321. The van der Waals surface area contributed by atoms with E-state index in [2.05, 4.69) is 15.5 Å². The summed E-state index contributed by atoms with van der Waals surface area (Å²) in [4.78, 5) is 29.5. The van der Waals surface area contributed by atoms with E-state index in [1.807, 2.05) is 36.4 Å². The minimum Gasteiger partial charge on any atom is -0.395 e. The van der Waals surface area contributed by atoms with Crippen LogP contribution in [0.25, 0.3) is 22.8 Å². The molecule has 0 unspecified atom stereocenters. The molecule has 1 aliphatic heterocycles. The van der Waals surface area contributed by atoms with Crippen molar-refractivity contribution in [1.82, 2.24) is 15.0 Å². The summed E-state index contributed by atoms with van der Waals surface area (Å²) >= 11 is 0. The first-order chi connectivity index (χ1) is 13.7. The number of rotatable bonds is 6. The molecular formula is C20H16N4O4. The lowest BCUT2D eigenvalue weighted by atomic mass is 10.2. The van der Waals surface area contributed by atoms with Gasteiger partial charge in [0, 0.05) is 22.9 Å². The minimum absolute atomic E-state index is 0.0381. The molecule has 2 amide bonds. The molecule has 1 aliphatic rings. The lowest BCUT2D eigenvalue weighted by Crippen LogP contribution is -2.34. The van der Waals surface area contributed by atoms with E-state index in [-0.39, 0.29) is 18.8 Å². The highest BCUT2D eigenvalue weighted by molar-refractivity contribution is 6.17. The molecule has 8 heteroatoms. The molecular weight excluding hydrogens is 360 g/mol. The van der Waals surface area contributed by atoms with Gasteiger partial charge in [-0.2, -0.15) is 4.98 Å². The minimum atomic E-state index is -0.478. The van der Waals surface area contributed by atoms with Crippen molar-refractivity contribution in [3.8, 4) is 22.8 Å². The molecule has 0 aliphatic carbocycles. The Morgan fingerprint density at radius 1 is 1.04 bits per heavy atom. The second-order valence-electron chi connectivity index (χ2n) is 6.07. The zero-order valence-electron chi connectivity index (χ0n) is 14.7. The first kappa shape index (κ1) is 17.6. The molecule has 140 valence electrons. The van der Waals surface area contributed by atoms with Crippen LogP contribution >= 0.6 is 0 Å². The van der Waals surface area contributed by atoms with Gasteiger partial charge in [-0.3, -0.25) is 14.5 Å². The van der Waals surface area contributed by atoms with Crippen LogP contribution in [-0.2, 0) is 9.59 Å². The van der Waals surface area contributed by atoms with E-state index in [0.717, 1.165) is 10.5 Å². The van der Waals surface area contributed by atoms with Gasteiger partial charge in [0.2, 0.25) is 5.82 Å². The van der Waals surface area contributed by atoms with Crippen molar-refractivity contribution in [1.29, 1.82) is 0 Å². The van der Waals surface area contributed by atoms with Crippen molar-refractivity contribution in [2.75, 3.05) is 18.5 Å². The van der Waals surface area contributed by atoms with Gasteiger partial charge in [0.1, 0.15) is 5.70 Å². The number of carbonyl (C=O) groups excluding carboxylic acids is 2. The van der Waals surface area contributed by atoms with Crippen LogP contribution in [0.1, 0.15) is 0 Å². The smallest absolute Gasteiger partial charge is 0.277 e. The molecule has 0 atom stereocenters. The Hall–Kier alpha value is -3.78. The molecule has 4 rings (SSSR count). The van der Waals surface area contributed by atoms with Crippen molar-refractivity contribution in [2.24, 2.45) is 0 Å². The van der Waals surface area contributed by atoms with Crippen LogP contribution < -0.4 is 5.32 Å². The standard InChI is InChI=1S/C20H16N4O4/c25-10-9-24-17(26)12-16(20(24)27)21-15-8-4-7-14(11-15)19-22-18(23-28-19)13-5-2-1-3-6-13/h1-8,11-12,21,25H,9-10H2. The molecule has 0 bridgehead atoms. The Balaban J connectivity index is 1.55. The van der Waals surface area contributed by atoms with Crippen LogP contribution in [0, 0.1) is 0 Å². The number of aliphatic hydroxyl groups excluding tert-OH is 1. The van der Waals surface area contributed by atoms with Gasteiger partial charge in [-0.05, 0) is 18.2 Å². The molecule has 0 saturated heterocycles. The van der Waals surface area contributed by atoms with Gasteiger partial charge in [-0.15, -0.1) is 0 Å². The van der Waals surface area contributed by atoms with Crippen LogP contribution in [0.15, 0.2) is 70.9 Å². The van der Waals surface area contributed by atoms with Gasteiger partial charge < -0.3 is 14.9 Å². The van der Waals surface area contributed by atoms with Gasteiger partial charge >= 0.3 is 0 Å². The zero-order chi connectivity index (χ0) is 19.5. The number of amides is 2. The molecule has 2 heterocycles. The summed E-state index contributed by atoms with van der Waals surface area (Å²) in [5.41, 5.74) is 2.25. The van der Waals surface area contributed by atoms with E-state index in [4.69, 9.17) is 9.63 Å². The molecule has 0 fully saturated rings. The third-order valence-electron chi connectivity index (χ3n) is 4.18. The maximum Gasteiger partial charge on any atom is 0.277 e. The first-order valence-corrected chi connectivity index (χ1v) is 8.60. The van der Waals surface area contributed by atoms with Crippen LogP contribution in [0.5, 0.6) is 0 Å². The van der Waals surface area contributed by atoms with Gasteiger partial charge in [-0.1, -0.05) is 41.6 Å². The van der Waals surface area contributed by atoms with Crippen molar-refractivity contribution in [2.45, 2.75) is 0 Å². The van der Waals surface area contributed by atoms with Crippen molar-refractivity contribution in [3.63, 3.8) is 0 Å². The van der Waals surface area contributed by atoms with E-state index < -0.39 is 11.8 Å². The highest BCUT2D eigenvalue weighted by Crippen LogP contribution is 2.25. The fraction of sp³-hybridized carbons (Fsp3) is 0.100. The van der Waals surface area contributed by atoms with Crippen LogP contribution in [0.4, 0.5) is 5.69 Å². The molecule has 1 aromatic heterocycles. The Labute approximate surface area is 160 Å². The Morgan fingerprint density at radius 2 is 1.82 bits per heavy atom. The predicted octanol–water partition coefficient (Wildman–Crippen LogP) is 2.06.